The normalized spacial score (nSPS) is 28.6. The zero-order valence-corrected chi connectivity index (χ0v) is 16.4. The lowest BCUT2D eigenvalue weighted by Crippen LogP contribution is -2.66. The Bertz CT molecular complexity index is 722. The number of urea groups is 1. The van der Waals surface area contributed by atoms with Crippen molar-refractivity contribution in [3.63, 3.8) is 0 Å². The Morgan fingerprint density at radius 2 is 1.89 bits per heavy atom. The second-order valence-corrected chi connectivity index (χ2v) is 7.79. The van der Waals surface area contributed by atoms with Gasteiger partial charge in [0, 0.05) is 32.4 Å². The van der Waals surface area contributed by atoms with E-state index in [-0.39, 0.29) is 30.4 Å². The van der Waals surface area contributed by atoms with Crippen molar-refractivity contribution < 1.29 is 9.59 Å². The molecule has 7 heteroatoms. The lowest BCUT2D eigenvalue weighted by atomic mass is 10.1. The first-order valence-electron chi connectivity index (χ1n) is 9.96. The average Bonchev–Trinajstić information content (AvgIpc) is 3.07. The Morgan fingerprint density at radius 1 is 1.15 bits per heavy atom. The largest absolute Gasteiger partial charge is 0.343 e. The van der Waals surface area contributed by atoms with Crippen molar-refractivity contribution in [3.05, 3.63) is 29.8 Å². The summed E-state index contributed by atoms with van der Waals surface area (Å²) in [5.74, 6) is -0.0580. The van der Waals surface area contributed by atoms with Crippen LogP contribution in [0.1, 0.15) is 31.7 Å². The summed E-state index contributed by atoms with van der Waals surface area (Å²) in [7, 11) is 1.80. The molecule has 0 radical (unpaired) electrons. The minimum Gasteiger partial charge on any atom is -0.343 e. The van der Waals surface area contributed by atoms with Crippen LogP contribution < -0.4 is 10.2 Å². The van der Waals surface area contributed by atoms with E-state index in [0.717, 1.165) is 38.0 Å². The van der Waals surface area contributed by atoms with Crippen LogP contribution in [0.3, 0.4) is 0 Å². The highest BCUT2D eigenvalue weighted by molar-refractivity contribution is 6.00. The maximum absolute atomic E-state index is 13.2. The summed E-state index contributed by atoms with van der Waals surface area (Å²) in [6.45, 7) is 6.45. The standard InChI is InChI=1S/C20H29N5O2/c1-4-5-11-25-18(26)16-17(22(3)20(25)27)21-19-23(12-6-13-24(16)19)15-9-7-14(2)8-10-15/h7-10,16-17,19,21H,4-6,11-13H2,1-3H3. The maximum Gasteiger partial charge on any atom is 0.327 e. The second-order valence-electron chi connectivity index (χ2n) is 7.79. The summed E-state index contributed by atoms with van der Waals surface area (Å²) in [6, 6.07) is 7.99. The fourth-order valence-electron chi connectivity index (χ4n) is 4.44. The molecule has 27 heavy (non-hydrogen) atoms. The molecule has 0 spiro atoms. The number of rotatable bonds is 4. The highest BCUT2D eigenvalue weighted by Crippen LogP contribution is 2.33. The molecule has 3 amide bonds. The molecule has 3 fully saturated rings. The number of carbonyl (C=O) groups excluding carboxylic acids is 2. The van der Waals surface area contributed by atoms with Gasteiger partial charge in [-0.25, -0.2) is 4.79 Å². The average molecular weight is 371 g/mol. The molecular weight excluding hydrogens is 342 g/mol. The second kappa shape index (κ2) is 7.13. The fraction of sp³-hybridized carbons (Fsp3) is 0.600. The lowest BCUT2D eigenvalue weighted by Gasteiger charge is -2.44. The molecule has 3 heterocycles. The third kappa shape index (κ3) is 2.99. The van der Waals surface area contributed by atoms with Gasteiger partial charge in [-0.05, 0) is 31.9 Å². The molecule has 0 saturated carbocycles. The van der Waals surface area contributed by atoms with E-state index in [9.17, 15) is 9.59 Å². The van der Waals surface area contributed by atoms with Gasteiger partial charge < -0.3 is 9.80 Å². The summed E-state index contributed by atoms with van der Waals surface area (Å²) in [5.41, 5.74) is 2.37. The third-order valence-electron chi connectivity index (χ3n) is 5.97. The van der Waals surface area contributed by atoms with Crippen molar-refractivity contribution in [2.75, 3.05) is 31.6 Å². The molecule has 1 aromatic rings. The van der Waals surface area contributed by atoms with Gasteiger partial charge in [0.05, 0.1) is 0 Å². The molecule has 0 aromatic heterocycles. The molecule has 3 aliphatic heterocycles. The van der Waals surface area contributed by atoms with Crippen LogP contribution in [-0.2, 0) is 4.79 Å². The van der Waals surface area contributed by atoms with E-state index in [1.807, 2.05) is 0 Å². The smallest absolute Gasteiger partial charge is 0.327 e. The van der Waals surface area contributed by atoms with Crippen LogP contribution in [0.15, 0.2) is 24.3 Å². The van der Waals surface area contributed by atoms with Gasteiger partial charge in [-0.2, -0.15) is 0 Å². The first-order chi connectivity index (χ1) is 13.0. The number of likely N-dealkylation sites (N-methyl/N-ethyl adjacent to an activating group) is 1. The quantitative estimate of drug-likeness (QED) is 0.874. The summed E-state index contributed by atoms with van der Waals surface area (Å²) < 4.78 is 0. The van der Waals surface area contributed by atoms with Gasteiger partial charge in [-0.1, -0.05) is 31.0 Å². The van der Waals surface area contributed by atoms with E-state index in [2.05, 4.69) is 53.2 Å². The highest BCUT2D eigenvalue weighted by Gasteiger charge is 2.55. The van der Waals surface area contributed by atoms with Gasteiger partial charge in [0.25, 0.3) is 5.91 Å². The number of hydrogen-bond donors (Lipinski definition) is 1. The van der Waals surface area contributed by atoms with Gasteiger partial charge >= 0.3 is 6.03 Å². The number of hydrogen-bond acceptors (Lipinski definition) is 5. The van der Waals surface area contributed by atoms with Gasteiger partial charge in [0.2, 0.25) is 0 Å². The molecule has 0 bridgehead atoms. The van der Waals surface area contributed by atoms with E-state index < -0.39 is 0 Å². The Labute approximate surface area is 160 Å². The molecule has 146 valence electrons. The van der Waals surface area contributed by atoms with E-state index in [4.69, 9.17) is 0 Å². The van der Waals surface area contributed by atoms with Crippen LogP contribution in [0.4, 0.5) is 10.5 Å². The molecule has 4 rings (SSSR count). The number of imide groups is 1. The Balaban J connectivity index is 1.62. The summed E-state index contributed by atoms with van der Waals surface area (Å²) >= 11 is 0. The van der Waals surface area contributed by atoms with Gasteiger partial charge in [-0.15, -0.1) is 0 Å². The first kappa shape index (κ1) is 18.3. The van der Waals surface area contributed by atoms with Gasteiger partial charge in [-0.3, -0.25) is 19.9 Å². The summed E-state index contributed by atoms with van der Waals surface area (Å²) in [4.78, 5) is 33.6. The van der Waals surface area contributed by atoms with Crippen molar-refractivity contribution in [1.82, 2.24) is 20.0 Å². The van der Waals surface area contributed by atoms with Crippen molar-refractivity contribution in [2.45, 2.75) is 51.6 Å². The Kier molecular flexibility index (Phi) is 4.82. The zero-order valence-electron chi connectivity index (χ0n) is 16.4. The van der Waals surface area contributed by atoms with E-state index in [0.29, 0.717) is 6.54 Å². The predicted molar refractivity (Wildman–Crippen MR) is 104 cm³/mol. The number of unbranched alkanes of at least 4 members (excludes halogenated alkanes) is 1. The van der Waals surface area contributed by atoms with Crippen LogP contribution in [0, 0.1) is 6.92 Å². The number of nitrogens with zero attached hydrogens (tertiary/aromatic N) is 4. The summed E-state index contributed by atoms with van der Waals surface area (Å²) in [5, 5.41) is 3.55. The number of benzene rings is 1. The number of nitrogens with one attached hydrogen (secondary N) is 1. The molecule has 1 N–H and O–H groups in total. The lowest BCUT2D eigenvalue weighted by molar-refractivity contribution is -0.138. The van der Waals surface area contributed by atoms with Crippen molar-refractivity contribution in [2.24, 2.45) is 0 Å². The fourth-order valence-corrected chi connectivity index (χ4v) is 4.44. The molecular formula is C20H29N5O2. The minimum atomic E-state index is -0.317. The third-order valence-corrected chi connectivity index (χ3v) is 5.97. The van der Waals surface area contributed by atoms with Crippen LogP contribution in [0.25, 0.3) is 0 Å². The number of carbonyl (C=O) groups is 2. The van der Waals surface area contributed by atoms with Crippen molar-refractivity contribution in [1.29, 1.82) is 0 Å². The number of anilines is 1. The molecule has 3 unspecified atom stereocenters. The van der Waals surface area contributed by atoms with Crippen LogP contribution >= 0.6 is 0 Å². The molecule has 3 saturated heterocycles. The van der Waals surface area contributed by atoms with Crippen LogP contribution in [0.2, 0.25) is 0 Å². The number of amides is 3. The Hall–Kier alpha value is -2.12. The van der Waals surface area contributed by atoms with E-state index >= 15 is 0 Å². The predicted octanol–water partition coefficient (Wildman–Crippen LogP) is 1.78. The van der Waals surface area contributed by atoms with Gasteiger partial charge in [0.1, 0.15) is 18.5 Å². The maximum atomic E-state index is 13.2. The first-order valence-corrected chi connectivity index (χ1v) is 9.96. The topological polar surface area (TPSA) is 59.1 Å². The molecule has 7 nitrogen and oxygen atoms in total. The molecule has 1 aromatic carbocycles. The van der Waals surface area contributed by atoms with Gasteiger partial charge in [0.15, 0.2) is 0 Å². The summed E-state index contributed by atoms with van der Waals surface area (Å²) in [6.07, 6.45) is 2.45. The van der Waals surface area contributed by atoms with Crippen LogP contribution in [0.5, 0.6) is 0 Å². The van der Waals surface area contributed by atoms with Crippen LogP contribution in [-0.4, -0.2) is 71.8 Å². The zero-order chi connectivity index (χ0) is 19.1. The SMILES string of the molecule is CCCCN1C(=O)C2C(NC3N(c4ccc(C)cc4)CCCN23)N(C)C1=O. The van der Waals surface area contributed by atoms with Crippen molar-refractivity contribution >= 4 is 17.6 Å². The number of aryl methyl sites for hydroxylation is 1. The minimum absolute atomic E-state index is 0.0580. The highest BCUT2D eigenvalue weighted by atomic mass is 16.2. The number of fused-ring (bicyclic) bond motifs is 3. The van der Waals surface area contributed by atoms with Crippen molar-refractivity contribution in [3.8, 4) is 0 Å². The molecule has 3 atom stereocenters. The monoisotopic (exact) mass is 371 g/mol. The molecule has 0 aliphatic carbocycles. The molecule has 3 aliphatic rings. The van der Waals surface area contributed by atoms with E-state index in [1.165, 1.54) is 10.5 Å². The van der Waals surface area contributed by atoms with E-state index in [1.54, 1.807) is 11.9 Å². The Morgan fingerprint density at radius 3 is 2.59 bits per heavy atom.